The van der Waals surface area contributed by atoms with Crippen LogP contribution in [0.1, 0.15) is 28.8 Å². The fourth-order valence-electron chi connectivity index (χ4n) is 2.74. The van der Waals surface area contributed by atoms with Crippen LogP contribution in [0.5, 0.6) is 0 Å². The summed E-state index contributed by atoms with van der Waals surface area (Å²) in [6, 6.07) is 6.53. The van der Waals surface area contributed by atoms with Gasteiger partial charge in [-0.1, -0.05) is 0 Å². The minimum atomic E-state index is -0.201. The molecular weight excluding hydrogens is 308 g/mol. The number of hydrogen-bond donors (Lipinski definition) is 0. The Bertz CT molecular complexity index is 778. The zero-order valence-electron chi connectivity index (χ0n) is 13.6. The van der Waals surface area contributed by atoms with Crippen molar-refractivity contribution in [3.05, 3.63) is 47.8 Å². The number of carbonyl (C=O) groups excluding carboxylic acids is 3. The molecule has 0 saturated carbocycles. The average Bonchev–Trinajstić information content (AvgIpc) is 3.12. The van der Waals surface area contributed by atoms with Crippen LogP contribution in [0.25, 0.3) is 0 Å². The normalized spacial score (nSPS) is 14.3. The number of hydrogen-bond acceptors (Lipinski definition) is 4. The van der Waals surface area contributed by atoms with Gasteiger partial charge in [0.05, 0.1) is 11.9 Å². The number of aromatic nitrogens is 2. The lowest BCUT2D eigenvalue weighted by Crippen LogP contribution is -2.29. The third-order valence-corrected chi connectivity index (χ3v) is 3.95. The molecule has 0 N–H and O–H groups in total. The first-order valence-electron chi connectivity index (χ1n) is 7.64. The van der Waals surface area contributed by atoms with Crippen molar-refractivity contribution in [1.82, 2.24) is 14.7 Å². The summed E-state index contributed by atoms with van der Waals surface area (Å²) in [5, 5.41) is 4.08. The van der Waals surface area contributed by atoms with Gasteiger partial charge in [0.15, 0.2) is 0 Å². The van der Waals surface area contributed by atoms with E-state index in [1.165, 1.54) is 4.90 Å². The SMILES string of the molecule is CN(Cc1cnn(C)c1)C(=O)c1ccc(N2C(=O)CCC2=O)cc1. The van der Waals surface area contributed by atoms with Crippen molar-refractivity contribution in [2.75, 3.05) is 11.9 Å². The lowest BCUT2D eigenvalue weighted by molar-refractivity contribution is -0.121. The molecule has 24 heavy (non-hydrogen) atoms. The first kappa shape index (κ1) is 15.9. The summed E-state index contributed by atoms with van der Waals surface area (Å²) in [7, 11) is 3.54. The zero-order chi connectivity index (χ0) is 17.3. The monoisotopic (exact) mass is 326 g/mol. The summed E-state index contributed by atoms with van der Waals surface area (Å²) in [4.78, 5) is 38.7. The van der Waals surface area contributed by atoms with Crippen LogP contribution in [0.2, 0.25) is 0 Å². The van der Waals surface area contributed by atoms with E-state index in [2.05, 4.69) is 5.10 Å². The molecule has 0 unspecified atom stereocenters. The van der Waals surface area contributed by atoms with Crippen LogP contribution in [0.4, 0.5) is 5.69 Å². The number of rotatable bonds is 4. The van der Waals surface area contributed by atoms with E-state index in [1.54, 1.807) is 47.1 Å². The molecule has 2 aromatic rings. The summed E-state index contributed by atoms with van der Waals surface area (Å²) in [5.41, 5.74) is 1.96. The number of carbonyl (C=O) groups is 3. The number of anilines is 1. The quantitative estimate of drug-likeness (QED) is 0.795. The lowest BCUT2D eigenvalue weighted by atomic mass is 10.1. The molecule has 7 heteroatoms. The topological polar surface area (TPSA) is 75.5 Å². The summed E-state index contributed by atoms with van der Waals surface area (Å²) in [5.74, 6) is -0.537. The van der Waals surface area contributed by atoms with Gasteiger partial charge in [-0.3, -0.25) is 24.0 Å². The van der Waals surface area contributed by atoms with E-state index in [1.807, 2.05) is 13.2 Å². The van der Waals surface area contributed by atoms with E-state index >= 15 is 0 Å². The molecular formula is C17H18N4O3. The number of imide groups is 1. The van der Waals surface area contributed by atoms with Crippen LogP contribution < -0.4 is 4.90 Å². The maximum absolute atomic E-state index is 12.5. The minimum absolute atomic E-state index is 0.135. The molecule has 1 aromatic carbocycles. The highest BCUT2D eigenvalue weighted by Crippen LogP contribution is 2.23. The van der Waals surface area contributed by atoms with Gasteiger partial charge < -0.3 is 4.90 Å². The van der Waals surface area contributed by atoms with Crippen molar-refractivity contribution in [3.8, 4) is 0 Å². The molecule has 124 valence electrons. The van der Waals surface area contributed by atoms with Crippen LogP contribution in [-0.2, 0) is 23.2 Å². The largest absolute Gasteiger partial charge is 0.337 e. The Morgan fingerprint density at radius 1 is 1.17 bits per heavy atom. The number of aryl methyl sites for hydroxylation is 1. The second-order valence-corrected chi connectivity index (χ2v) is 5.85. The van der Waals surface area contributed by atoms with E-state index in [0.717, 1.165) is 5.56 Å². The van der Waals surface area contributed by atoms with Gasteiger partial charge in [-0.05, 0) is 24.3 Å². The van der Waals surface area contributed by atoms with E-state index in [-0.39, 0.29) is 30.6 Å². The number of nitrogens with zero attached hydrogens (tertiary/aromatic N) is 4. The molecule has 0 bridgehead atoms. The van der Waals surface area contributed by atoms with Crippen molar-refractivity contribution in [3.63, 3.8) is 0 Å². The standard InChI is InChI=1S/C17H18N4O3/c1-19(10-12-9-18-20(2)11-12)17(24)13-3-5-14(6-4-13)21-15(22)7-8-16(21)23/h3-6,9,11H,7-8,10H2,1-2H3. The Hall–Kier alpha value is -2.96. The summed E-state index contributed by atoms with van der Waals surface area (Å²) in [6.07, 6.45) is 4.07. The lowest BCUT2D eigenvalue weighted by Gasteiger charge is -2.18. The summed E-state index contributed by atoms with van der Waals surface area (Å²) in [6.45, 7) is 0.456. The van der Waals surface area contributed by atoms with Gasteiger partial charge in [0, 0.05) is 50.8 Å². The summed E-state index contributed by atoms with van der Waals surface area (Å²) >= 11 is 0. The van der Waals surface area contributed by atoms with E-state index < -0.39 is 0 Å². The fraction of sp³-hybridized carbons (Fsp3) is 0.294. The van der Waals surface area contributed by atoms with Crippen molar-refractivity contribution in [2.45, 2.75) is 19.4 Å². The Morgan fingerprint density at radius 2 is 1.79 bits per heavy atom. The van der Waals surface area contributed by atoms with Gasteiger partial charge in [0.2, 0.25) is 11.8 Å². The summed E-state index contributed by atoms with van der Waals surface area (Å²) < 4.78 is 1.69. The molecule has 1 fully saturated rings. The minimum Gasteiger partial charge on any atom is -0.337 e. The van der Waals surface area contributed by atoms with Gasteiger partial charge in [-0.15, -0.1) is 0 Å². The van der Waals surface area contributed by atoms with Crippen molar-refractivity contribution in [1.29, 1.82) is 0 Å². The molecule has 1 saturated heterocycles. The van der Waals surface area contributed by atoms with E-state index in [0.29, 0.717) is 17.8 Å². The molecule has 0 atom stereocenters. The Morgan fingerprint density at radius 3 is 2.33 bits per heavy atom. The van der Waals surface area contributed by atoms with Crippen molar-refractivity contribution < 1.29 is 14.4 Å². The maximum atomic E-state index is 12.5. The molecule has 3 amide bonds. The molecule has 1 aliphatic rings. The van der Waals surface area contributed by atoms with Crippen LogP contribution in [-0.4, -0.2) is 39.4 Å². The highest BCUT2D eigenvalue weighted by molar-refractivity contribution is 6.19. The second-order valence-electron chi connectivity index (χ2n) is 5.85. The third-order valence-electron chi connectivity index (χ3n) is 3.95. The third kappa shape index (κ3) is 3.05. The predicted molar refractivity (Wildman–Crippen MR) is 87.2 cm³/mol. The number of benzene rings is 1. The Balaban J connectivity index is 1.71. The highest BCUT2D eigenvalue weighted by atomic mass is 16.2. The Labute approximate surface area is 139 Å². The van der Waals surface area contributed by atoms with E-state index in [9.17, 15) is 14.4 Å². The smallest absolute Gasteiger partial charge is 0.253 e. The molecule has 1 aliphatic heterocycles. The van der Waals surface area contributed by atoms with Gasteiger partial charge in [-0.25, -0.2) is 0 Å². The molecule has 3 rings (SSSR count). The predicted octanol–water partition coefficient (Wildman–Crippen LogP) is 1.35. The van der Waals surface area contributed by atoms with Crippen LogP contribution >= 0.6 is 0 Å². The van der Waals surface area contributed by atoms with E-state index in [4.69, 9.17) is 0 Å². The van der Waals surface area contributed by atoms with Crippen LogP contribution in [0.15, 0.2) is 36.7 Å². The highest BCUT2D eigenvalue weighted by Gasteiger charge is 2.30. The van der Waals surface area contributed by atoms with Gasteiger partial charge in [-0.2, -0.15) is 5.10 Å². The molecule has 0 spiro atoms. The first-order valence-corrected chi connectivity index (χ1v) is 7.64. The van der Waals surface area contributed by atoms with Crippen molar-refractivity contribution in [2.24, 2.45) is 7.05 Å². The van der Waals surface area contributed by atoms with Crippen molar-refractivity contribution >= 4 is 23.4 Å². The van der Waals surface area contributed by atoms with Crippen LogP contribution in [0.3, 0.4) is 0 Å². The first-order chi connectivity index (χ1) is 11.5. The molecule has 1 aromatic heterocycles. The molecule has 0 radical (unpaired) electrons. The Kier molecular flexibility index (Phi) is 4.16. The van der Waals surface area contributed by atoms with Gasteiger partial charge >= 0.3 is 0 Å². The molecule has 0 aliphatic carbocycles. The molecule has 2 heterocycles. The van der Waals surface area contributed by atoms with Gasteiger partial charge in [0.1, 0.15) is 0 Å². The molecule has 7 nitrogen and oxygen atoms in total. The van der Waals surface area contributed by atoms with Gasteiger partial charge in [0.25, 0.3) is 5.91 Å². The zero-order valence-corrected chi connectivity index (χ0v) is 13.6. The average molecular weight is 326 g/mol. The fourth-order valence-corrected chi connectivity index (χ4v) is 2.74. The van der Waals surface area contributed by atoms with Crippen LogP contribution in [0, 0.1) is 0 Å². The number of amides is 3. The second kappa shape index (κ2) is 6.27. The maximum Gasteiger partial charge on any atom is 0.253 e.